The van der Waals surface area contributed by atoms with Crippen LogP contribution in [0.3, 0.4) is 0 Å². The number of amidine groups is 1. The number of halogens is 4. The second-order valence-corrected chi connectivity index (χ2v) is 4.09. The van der Waals surface area contributed by atoms with E-state index < -0.39 is 23.5 Å². The monoisotopic (exact) mass is 286 g/mol. The lowest BCUT2D eigenvalue weighted by Crippen LogP contribution is -2.15. The minimum atomic E-state index is -4.54. The molecule has 8 heteroatoms. The quantitative estimate of drug-likeness (QED) is 0.517. The number of rotatable bonds is 3. The second-order valence-electron chi connectivity index (χ2n) is 4.09. The third kappa shape index (κ3) is 2.79. The van der Waals surface area contributed by atoms with Crippen molar-refractivity contribution in [2.45, 2.75) is 12.7 Å². The van der Waals surface area contributed by atoms with E-state index in [9.17, 15) is 17.6 Å². The summed E-state index contributed by atoms with van der Waals surface area (Å²) in [7, 11) is 0. The Kier molecular flexibility index (Phi) is 3.47. The summed E-state index contributed by atoms with van der Waals surface area (Å²) in [4.78, 5) is 0. The van der Waals surface area contributed by atoms with Gasteiger partial charge in [-0.3, -0.25) is 10.1 Å². The summed E-state index contributed by atoms with van der Waals surface area (Å²) >= 11 is 0. The van der Waals surface area contributed by atoms with Crippen LogP contribution >= 0.6 is 0 Å². The van der Waals surface area contributed by atoms with Crippen LogP contribution in [0.4, 0.5) is 17.6 Å². The van der Waals surface area contributed by atoms with Crippen LogP contribution in [0.5, 0.6) is 0 Å². The second kappa shape index (κ2) is 4.95. The van der Waals surface area contributed by atoms with Gasteiger partial charge in [-0.05, 0) is 12.1 Å². The van der Waals surface area contributed by atoms with Crippen LogP contribution in [-0.2, 0) is 12.7 Å². The van der Waals surface area contributed by atoms with Crippen molar-refractivity contribution in [1.82, 2.24) is 9.78 Å². The lowest BCUT2D eigenvalue weighted by molar-refractivity contribution is -0.141. The summed E-state index contributed by atoms with van der Waals surface area (Å²) in [6.45, 7) is -0.178. The van der Waals surface area contributed by atoms with Gasteiger partial charge in [-0.25, -0.2) is 4.39 Å². The van der Waals surface area contributed by atoms with Crippen molar-refractivity contribution in [2.24, 2.45) is 5.73 Å². The van der Waals surface area contributed by atoms with Gasteiger partial charge < -0.3 is 5.73 Å². The highest BCUT2D eigenvalue weighted by Gasteiger charge is 2.33. The molecule has 0 unspecified atom stereocenters. The van der Waals surface area contributed by atoms with Crippen LogP contribution in [-0.4, -0.2) is 15.6 Å². The summed E-state index contributed by atoms with van der Waals surface area (Å²) in [5, 5.41) is 10.5. The molecule has 106 valence electrons. The van der Waals surface area contributed by atoms with E-state index >= 15 is 0 Å². The predicted octanol–water partition coefficient (Wildman–Crippen LogP) is 2.37. The van der Waals surface area contributed by atoms with Crippen molar-refractivity contribution in [1.29, 1.82) is 5.41 Å². The fraction of sp³-hybridized carbons (Fsp3) is 0.167. The first-order valence-electron chi connectivity index (χ1n) is 5.51. The number of nitrogen functional groups attached to an aromatic ring is 1. The lowest BCUT2D eigenvalue weighted by atomic mass is 10.1. The third-order valence-corrected chi connectivity index (χ3v) is 2.63. The van der Waals surface area contributed by atoms with Crippen molar-refractivity contribution in [3.8, 4) is 0 Å². The molecular formula is C12H10F4N4. The molecule has 1 aromatic carbocycles. The van der Waals surface area contributed by atoms with Gasteiger partial charge in [0.1, 0.15) is 11.7 Å². The van der Waals surface area contributed by atoms with Gasteiger partial charge in [-0.1, -0.05) is 12.1 Å². The molecule has 2 aromatic rings. The van der Waals surface area contributed by atoms with Gasteiger partial charge in [0, 0.05) is 11.8 Å². The molecule has 20 heavy (non-hydrogen) atoms. The molecule has 0 aliphatic carbocycles. The first-order chi connectivity index (χ1) is 9.29. The maximum Gasteiger partial charge on any atom is 0.435 e. The largest absolute Gasteiger partial charge is 0.435 e. The Morgan fingerprint density at radius 3 is 2.55 bits per heavy atom. The predicted molar refractivity (Wildman–Crippen MR) is 63.7 cm³/mol. The molecule has 0 bridgehead atoms. The minimum Gasteiger partial charge on any atom is -0.384 e. The van der Waals surface area contributed by atoms with Crippen molar-refractivity contribution in [3.63, 3.8) is 0 Å². The summed E-state index contributed by atoms with van der Waals surface area (Å²) in [5.41, 5.74) is 4.18. The van der Waals surface area contributed by atoms with Gasteiger partial charge >= 0.3 is 6.18 Å². The van der Waals surface area contributed by atoms with Crippen molar-refractivity contribution in [3.05, 3.63) is 53.1 Å². The Balaban J connectivity index is 2.29. The highest BCUT2D eigenvalue weighted by Crippen LogP contribution is 2.27. The van der Waals surface area contributed by atoms with E-state index in [0.29, 0.717) is 0 Å². The summed E-state index contributed by atoms with van der Waals surface area (Å²) in [5.74, 6) is -1.18. The zero-order chi connectivity index (χ0) is 14.9. The average molecular weight is 286 g/mol. The molecule has 1 aromatic heterocycles. The first-order valence-corrected chi connectivity index (χ1v) is 5.51. The molecule has 3 N–H and O–H groups in total. The van der Waals surface area contributed by atoms with E-state index in [0.717, 1.165) is 16.9 Å². The smallest absolute Gasteiger partial charge is 0.384 e. The normalized spacial score (nSPS) is 11.6. The van der Waals surface area contributed by atoms with Crippen LogP contribution in [0, 0.1) is 11.2 Å². The highest BCUT2D eigenvalue weighted by atomic mass is 19.4. The molecule has 1 heterocycles. The molecule has 0 aliphatic rings. The number of hydrogen-bond acceptors (Lipinski definition) is 2. The Bertz CT molecular complexity index is 645. The fourth-order valence-electron chi connectivity index (χ4n) is 1.69. The molecule has 0 spiro atoms. The Morgan fingerprint density at radius 1 is 1.30 bits per heavy atom. The van der Waals surface area contributed by atoms with Crippen LogP contribution in [0.25, 0.3) is 0 Å². The molecule has 0 saturated carbocycles. The molecule has 0 aliphatic heterocycles. The van der Waals surface area contributed by atoms with E-state index in [4.69, 9.17) is 11.1 Å². The fourth-order valence-corrected chi connectivity index (χ4v) is 1.69. The number of benzene rings is 1. The molecule has 0 fully saturated rings. The molecular weight excluding hydrogens is 276 g/mol. The minimum absolute atomic E-state index is 0.0919. The number of nitrogens with zero attached hydrogens (tertiary/aromatic N) is 2. The topological polar surface area (TPSA) is 67.7 Å². The number of alkyl halides is 3. The Morgan fingerprint density at radius 2 is 2.00 bits per heavy atom. The van der Waals surface area contributed by atoms with Gasteiger partial charge in [0.05, 0.1) is 12.1 Å². The number of hydrogen-bond donors (Lipinski definition) is 2. The summed E-state index contributed by atoms with van der Waals surface area (Å²) in [6.07, 6.45) is -3.42. The van der Waals surface area contributed by atoms with Crippen LogP contribution in [0.15, 0.2) is 30.5 Å². The van der Waals surface area contributed by atoms with E-state index in [1.165, 1.54) is 18.2 Å². The van der Waals surface area contributed by atoms with Gasteiger partial charge in [-0.2, -0.15) is 18.3 Å². The Labute approximate surface area is 111 Å². The average Bonchev–Trinajstić information content (AvgIpc) is 2.80. The molecule has 4 nitrogen and oxygen atoms in total. The third-order valence-electron chi connectivity index (χ3n) is 2.63. The maximum absolute atomic E-state index is 14.0. The van der Waals surface area contributed by atoms with E-state index in [-0.39, 0.29) is 17.7 Å². The lowest BCUT2D eigenvalue weighted by Gasteiger charge is -2.07. The SMILES string of the molecule is N=C(N)c1cccc(Cn2ccc(C(F)(F)F)n2)c1F. The van der Waals surface area contributed by atoms with Crippen LogP contribution in [0.2, 0.25) is 0 Å². The van der Waals surface area contributed by atoms with Gasteiger partial charge in [0.25, 0.3) is 0 Å². The van der Waals surface area contributed by atoms with Gasteiger partial charge in [0.15, 0.2) is 5.69 Å². The molecule has 2 rings (SSSR count). The number of aromatic nitrogens is 2. The summed E-state index contributed by atoms with van der Waals surface area (Å²) in [6, 6.07) is 5.01. The molecule has 0 amide bonds. The van der Waals surface area contributed by atoms with Crippen LogP contribution in [0.1, 0.15) is 16.8 Å². The Hall–Kier alpha value is -2.38. The van der Waals surface area contributed by atoms with E-state index in [1.54, 1.807) is 0 Å². The zero-order valence-corrected chi connectivity index (χ0v) is 10.1. The van der Waals surface area contributed by atoms with E-state index in [1.807, 2.05) is 0 Å². The molecule has 0 atom stereocenters. The zero-order valence-electron chi connectivity index (χ0n) is 10.1. The van der Waals surface area contributed by atoms with Crippen molar-refractivity contribution < 1.29 is 17.6 Å². The standard InChI is InChI=1S/C12H10F4N4/c13-10-7(2-1-3-8(10)11(17)18)6-20-5-4-9(19-20)12(14,15)16/h1-5H,6H2,(H3,17,18). The maximum atomic E-state index is 14.0. The summed E-state index contributed by atoms with van der Waals surface area (Å²) < 4.78 is 52.1. The molecule has 0 saturated heterocycles. The highest BCUT2D eigenvalue weighted by molar-refractivity contribution is 5.95. The van der Waals surface area contributed by atoms with Gasteiger partial charge in [-0.15, -0.1) is 0 Å². The van der Waals surface area contributed by atoms with Crippen molar-refractivity contribution in [2.75, 3.05) is 0 Å². The first kappa shape index (κ1) is 14.0. The van der Waals surface area contributed by atoms with Crippen LogP contribution < -0.4 is 5.73 Å². The van der Waals surface area contributed by atoms with E-state index in [2.05, 4.69) is 5.10 Å². The number of nitrogens with one attached hydrogen (secondary N) is 1. The molecule has 0 radical (unpaired) electrons. The van der Waals surface area contributed by atoms with Crippen molar-refractivity contribution >= 4 is 5.84 Å². The number of nitrogens with two attached hydrogens (primary N) is 1. The van der Waals surface area contributed by atoms with Gasteiger partial charge in [0.2, 0.25) is 0 Å².